The lowest BCUT2D eigenvalue weighted by atomic mass is 9.90. The third kappa shape index (κ3) is 2.47. The van der Waals surface area contributed by atoms with Crippen LogP contribution >= 0.6 is 0 Å². The Morgan fingerprint density at radius 3 is 2.64 bits per heavy atom. The Morgan fingerprint density at radius 2 is 2.14 bits per heavy atom. The molecule has 14 heavy (non-hydrogen) atoms. The fourth-order valence-electron chi connectivity index (χ4n) is 1.90. The van der Waals surface area contributed by atoms with Crippen molar-refractivity contribution in [2.75, 3.05) is 13.6 Å². The molecule has 0 aromatic rings. The molecule has 1 amide bonds. The van der Waals surface area contributed by atoms with Gasteiger partial charge in [0.1, 0.15) is 0 Å². The molecular formula is C11H22N2O. The Bertz CT molecular complexity index is 203. The van der Waals surface area contributed by atoms with E-state index in [2.05, 4.69) is 26.1 Å². The van der Waals surface area contributed by atoms with Crippen LogP contribution in [0.15, 0.2) is 0 Å². The van der Waals surface area contributed by atoms with Gasteiger partial charge in [-0.3, -0.25) is 4.79 Å². The van der Waals surface area contributed by atoms with Gasteiger partial charge in [-0.1, -0.05) is 0 Å². The van der Waals surface area contributed by atoms with Crippen molar-refractivity contribution in [2.24, 2.45) is 5.92 Å². The van der Waals surface area contributed by atoms with E-state index < -0.39 is 0 Å². The molecule has 0 aromatic heterocycles. The lowest BCUT2D eigenvalue weighted by Crippen LogP contribution is -2.48. The van der Waals surface area contributed by atoms with Gasteiger partial charge in [0.25, 0.3) is 0 Å². The minimum Gasteiger partial charge on any atom is -0.343 e. The fraction of sp³-hybridized carbons (Fsp3) is 0.909. The molecule has 0 unspecified atom stereocenters. The van der Waals surface area contributed by atoms with Crippen LogP contribution in [0.3, 0.4) is 0 Å². The zero-order valence-electron chi connectivity index (χ0n) is 9.71. The number of amides is 1. The second-order valence-electron chi connectivity index (χ2n) is 4.53. The smallest absolute Gasteiger partial charge is 0.227 e. The van der Waals surface area contributed by atoms with Crippen molar-refractivity contribution in [3.8, 4) is 0 Å². The minimum atomic E-state index is 0.177. The molecule has 1 heterocycles. The molecule has 0 radical (unpaired) electrons. The molecule has 1 fully saturated rings. The summed E-state index contributed by atoms with van der Waals surface area (Å²) in [5.74, 6) is 0.468. The number of nitrogens with one attached hydrogen (secondary N) is 1. The Balaban J connectivity index is 2.58. The Kier molecular flexibility index (Phi) is 3.93. The Hall–Kier alpha value is -0.570. The molecule has 1 N–H and O–H groups in total. The average molecular weight is 198 g/mol. The summed E-state index contributed by atoms with van der Waals surface area (Å²) in [4.78, 5) is 13.9. The molecule has 2 atom stereocenters. The highest BCUT2D eigenvalue weighted by Gasteiger charge is 2.30. The molecule has 1 rings (SSSR count). The zero-order valence-corrected chi connectivity index (χ0v) is 9.71. The summed E-state index contributed by atoms with van der Waals surface area (Å²) < 4.78 is 0. The van der Waals surface area contributed by atoms with Gasteiger partial charge in [-0.25, -0.2) is 0 Å². The van der Waals surface area contributed by atoms with Crippen LogP contribution in [-0.2, 0) is 4.79 Å². The van der Waals surface area contributed by atoms with E-state index in [0.29, 0.717) is 18.0 Å². The minimum absolute atomic E-state index is 0.177. The molecule has 3 heteroatoms. The standard InChI is InChI=1S/C11H22N2O/c1-8(2)13(4)11(14)10-6-5-7-12-9(10)3/h8-10,12H,5-7H2,1-4H3/t9-,10-/m1/s1. The summed E-state index contributed by atoms with van der Waals surface area (Å²) in [5.41, 5.74) is 0. The van der Waals surface area contributed by atoms with Gasteiger partial charge in [-0.05, 0) is 40.2 Å². The normalized spacial score (nSPS) is 27.8. The number of hydrogen-bond acceptors (Lipinski definition) is 2. The summed E-state index contributed by atoms with van der Waals surface area (Å²) in [6.07, 6.45) is 2.15. The third-order valence-corrected chi connectivity index (χ3v) is 3.20. The Morgan fingerprint density at radius 1 is 1.50 bits per heavy atom. The van der Waals surface area contributed by atoms with Crippen LogP contribution in [0.25, 0.3) is 0 Å². The maximum Gasteiger partial charge on any atom is 0.227 e. The molecule has 0 aliphatic carbocycles. The van der Waals surface area contributed by atoms with Crippen molar-refractivity contribution in [3.63, 3.8) is 0 Å². The topological polar surface area (TPSA) is 32.3 Å². The van der Waals surface area contributed by atoms with E-state index in [1.807, 2.05) is 11.9 Å². The van der Waals surface area contributed by atoms with Crippen molar-refractivity contribution >= 4 is 5.91 Å². The molecule has 1 saturated heterocycles. The van der Waals surface area contributed by atoms with Crippen LogP contribution in [0.1, 0.15) is 33.6 Å². The molecule has 0 saturated carbocycles. The fourth-order valence-corrected chi connectivity index (χ4v) is 1.90. The highest BCUT2D eigenvalue weighted by molar-refractivity contribution is 5.79. The van der Waals surface area contributed by atoms with E-state index >= 15 is 0 Å². The van der Waals surface area contributed by atoms with Gasteiger partial charge >= 0.3 is 0 Å². The monoisotopic (exact) mass is 198 g/mol. The van der Waals surface area contributed by atoms with Crippen LogP contribution < -0.4 is 5.32 Å². The van der Waals surface area contributed by atoms with Gasteiger partial charge in [0.15, 0.2) is 0 Å². The number of hydrogen-bond donors (Lipinski definition) is 1. The second kappa shape index (κ2) is 4.78. The SMILES string of the molecule is CC(C)N(C)C(=O)[C@@H]1CCCN[C@@H]1C. The van der Waals surface area contributed by atoms with Crippen molar-refractivity contribution in [1.82, 2.24) is 10.2 Å². The first-order chi connectivity index (χ1) is 6.54. The van der Waals surface area contributed by atoms with Gasteiger partial charge in [0, 0.05) is 19.1 Å². The van der Waals surface area contributed by atoms with E-state index in [0.717, 1.165) is 19.4 Å². The van der Waals surface area contributed by atoms with Crippen molar-refractivity contribution < 1.29 is 4.79 Å². The first-order valence-electron chi connectivity index (χ1n) is 5.54. The van der Waals surface area contributed by atoms with E-state index in [1.165, 1.54) is 0 Å². The highest BCUT2D eigenvalue weighted by atomic mass is 16.2. The predicted octanol–water partition coefficient (Wildman–Crippen LogP) is 1.24. The van der Waals surface area contributed by atoms with Crippen LogP contribution in [0.2, 0.25) is 0 Å². The lowest BCUT2D eigenvalue weighted by Gasteiger charge is -2.33. The largest absolute Gasteiger partial charge is 0.343 e. The van der Waals surface area contributed by atoms with E-state index in [9.17, 15) is 4.79 Å². The lowest BCUT2D eigenvalue weighted by molar-refractivity contribution is -0.137. The zero-order chi connectivity index (χ0) is 10.7. The van der Waals surface area contributed by atoms with Crippen molar-refractivity contribution in [1.29, 1.82) is 0 Å². The summed E-state index contributed by atoms with van der Waals surface area (Å²) >= 11 is 0. The molecular weight excluding hydrogens is 176 g/mol. The highest BCUT2D eigenvalue weighted by Crippen LogP contribution is 2.19. The van der Waals surface area contributed by atoms with Crippen molar-refractivity contribution in [3.05, 3.63) is 0 Å². The maximum atomic E-state index is 12.0. The van der Waals surface area contributed by atoms with Gasteiger partial charge in [-0.15, -0.1) is 0 Å². The van der Waals surface area contributed by atoms with Gasteiger partial charge in [0.05, 0.1) is 5.92 Å². The number of carbonyl (C=O) groups is 1. The van der Waals surface area contributed by atoms with Crippen LogP contribution in [0.5, 0.6) is 0 Å². The number of rotatable bonds is 2. The van der Waals surface area contributed by atoms with Gasteiger partial charge in [-0.2, -0.15) is 0 Å². The molecule has 1 aliphatic rings. The number of nitrogens with zero attached hydrogens (tertiary/aromatic N) is 1. The van der Waals surface area contributed by atoms with Gasteiger partial charge < -0.3 is 10.2 Å². The van der Waals surface area contributed by atoms with Crippen molar-refractivity contribution in [2.45, 2.75) is 45.7 Å². The molecule has 0 aromatic carbocycles. The first-order valence-corrected chi connectivity index (χ1v) is 5.54. The summed E-state index contributed by atoms with van der Waals surface area (Å²) in [6.45, 7) is 7.27. The quantitative estimate of drug-likeness (QED) is 0.724. The number of carbonyl (C=O) groups excluding carboxylic acids is 1. The third-order valence-electron chi connectivity index (χ3n) is 3.20. The molecule has 3 nitrogen and oxygen atoms in total. The molecule has 1 aliphatic heterocycles. The van der Waals surface area contributed by atoms with Gasteiger partial charge in [0.2, 0.25) is 5.91 Å². The summed E-state index contributed by atoms with van der Waals surface area (Å²) in [5, 5.41) is 3.36. The molecule has 0 bridgehead atoms. The number of piperidine rings is 1. The van der Waals surface area contributed by atoms with E-state index in [4.69, 9.17) is 0 Å². The molecule has 0 spiro atoms. The molecule has 82 valence electrons. The second-order valence-corrected chi connectivity index (χ2v) is 4.53. The maximum absolute atomic E-state index is 12.0. The predicted molar refractivity (Wildman–Crippen MR) is 58.1 cm³/mol. The van der Waals surface area contributed by atoms with E-state index in [1.54, 1.807) is 0 Å². The Labute approximate surface area is 86.9 Å². The van der Waals surface area contributed by atoms with Crippen LogP contribution in [0.4, 0.5) is 0 Å². The average Bonchev–Trinajstić information content (AvgIpc) is 2.16. The first kappa shape index (κ1) is 11.5. The summed E-state index contributed by atoms with van der Waals surface area (Å²) in [7, 11) is 1.90. The van der Waals surface area contributed by atoms with Crippen LogP contribution in [-0.4, -0.2) is 36.5 Å². The van der Waals surface area contributed by atoms with Crippen LogP contribution in [0, 0.1) is 5.92 Å². The van der Waals surface area contributed by atoms with E-state index in [-0.39, 0.29) is 5.92 Å². The summed E-state index contributed by atoms with van der Waals surface area (Å²) in [6, 6.07) is 0.633.